The van der Waals surface area contributed by atoms with Gasteiger partial charge in [0.05, 0.1) is 16.9 Å². The lowest BCUT2D eigenvalue weighted by atomic mass is 9.92. The minimum Gasteiger partial charge on any atom is -0.481 e. The second-order valence-electron chi connectivity index (χ2n) is 10.6. The van der Waals surface area contributed by atoms with Gasteiger partial charge in [-0.05, 0) is 68.9 Å². The molecule has 3 unspecified atom stereocenters. The van der Waals surface area contributed by atoms with Crippen LogP contribution in [0.3, 0.4) is 0 Å². The van der Waals surface area contributed by atoms with Crippen molar-refractivity contribution in [2.24, 2.45) is 11.8 Å². The highest BCUT2D eigenvalue weighted by molar-refractivity contribution is 7.85. The molecular weight excluding hydrogens is 502 g/mol. The lowest BCUT2D eigenvalue weighted by Crippen LogP contribution is -2.29. The van der Waals surface area contributed by atoms with E-state index in [9.17, 15) is 18.9 Å². The molecule has 8 nitrogen and oxygen atoms in total. The monoisotopic (exact) mass is 537 g/mol. The third kappa shape index (κ3) is 5.21. The molecule has 2 aromatic heterocycles. The van der Waals surface area contributed by atoms with Crippen LogP contribution in [0.5, 0.6) is 0 Å². The molecule has 2 N–H and O–H groups in total. The standard InChI is InChI=1S/C29H35N3O5S/c1-17-9-11-20(12-10-17)25-24(27(33)30-2)23-16-22(19-13-14-19)26(31-28(23)37-25)32(38(3)36)15-5-7-18-6-4-8-21(18)29(34)35/h9-12,16,18-19,21H,4-8,13-15H2,1-3H3,(H,30,33)(H,34,35). The van der Waals surface area contributed by atoms with Crippen LogP contribution in [-0.4, -0.2) is 46.0 Å². The van der Waals surface area contributed by atoms with Crippen molar-refractivity contribution < 1.29 is 23.3 Å². The molecule has 38 heavy (non-hydrogen) atoms. The summed E-state index contributed by atoms with van der Waals surface area (Å²) in [7, 11) is 0.271. The first kappa shape index (κ1) is 26.4. The second-order valence-corrected chi connectivity index (χ2v) is 11.9. The van der Waals surface area contributed by atoms with E-state index >= 15 is 0 Å². The smallest absolute Gasteiger partial charge is 0.306 e. The van der Waals surface area contributed by atoms with Crippen LogP contribution >= 0.6 is 0 Å². The zero-order valence-corrected chi connectivity index (χ0v) is 23.0. The zero-order valence-electron chi connectivity index (χ0n) is 22.2. The number of hydrogen-bond donors (Lipinski definition) is 2. The van der Waals surface area contributed by atoms with Gasteiger partial charge in [-0.3, -0.25) is 13.9 Å². The fourth-order valence-electron chi connectivity index (χ4n) is 5.74. The van der Waals surface area contributed by atoms with E-state index in [0.717, 1.165) is 61.6 Å². The largest absolute Gasteiger partial charge is 0.481 e. The highest BCUT2D eigenvalue weighted by Gasteiger charge is 2.34. The molecule has 202 valence electrons. The Bertz CT molecular complexity index is 1380. The van der Waals surface area contributed by atoms with Crippen LogP contribution in [0, 0.1) is 18.8 Å². The average Bonchev–Trinajstić information content (AvgIpc) is 3.51. The number of benzene rings is 1. The van der Waals surface area contributed by atoms with Crippen LogP contribution in [0.25, 0.3) is 22.4 Å². The van der Waals surface area contributed by atoms with Crippen molar-refractivity contribution in [2.75, 3.05) is 24.2 Å². The van der Waals surface area contributed by atoms with E-state index in [4.69, 9.17) is 9.40 Å². The number of nitrogens with one attached hydrogen (secondary N) is 1. The summed E-state index contributed by atoms with van der Waals surface area (Å²) in [5.41, 5.74) is 3.69. The molecule has 2 saturated carbocycles. The Morgan fingerprint density at radius 1 is 1.18 bits per heavy atom. The molecule has 1 aromatic carbocycles. The summed E-state index contributed by atoms with van der Waals surface area (Å²) in [4.78, 5) is 29.5. The molecule has 2 fully saturated rings. The molecule has 0 aliphatic heterocycles. The van der Waals surface area contributed by atoms with Crippen molar-refractivity contribution in [1.82, 2.24) is 10.3 Å². The summed E-state index contributed by atoms with van der Waals surface area (Å²) in [6, 6.07) is 9.82. The number of pyridine rings is 1. The van der Waals surface area contributed by atoms with E-state index in [1.807, 2.05) is 41.6 Å². The van der Waals surface area contributed by atoms with Crippen molar-refractivity contribution in [3.63, 3.8) is 0 Å². The Morgan fingerprint density at radius 3 is 2.55 bits per heavy atom. The average molecular weight is 538 g/mol. The van der Waals surface area contributed by atoms with Crippen LogP contribution < -0.4 is 9.62 Å². The molecule has 1 amide bonds. The maximum Gasteiger partial charge on any atom is 0.306 e. The molecule has 0 radical (unpaired) electrons. The van der Waals surface area contributed by atoms with Crippen molar-refractivity contribution in [3.05, 3.63) is 47.0 Å². The Kier molecular flexibility index (Phi) is 7.56. The number of rotatable bonds is 10. The van der Waals surface area contributed by atoms with Gasteiger partial charge in [-0.15, -0.1) is 0 Å². The lowest BCUT2D eigenvalue weighted by Gasteiger charge is -2.24. The van der Waals surface area contributed by atoms with Crippen LogP contribution in [-0.2, 0) is 15.8 Å². The van der Waals surface area contributed by atoms with E-state index in [2.05, 4.69) is 5.32 Å². The van der Waals surface area contributed by atoms with Crippen molar-refractivity contribution in [1.29, 1.82) is 0 Å². The zero-order chi connectivity index (χ0) is 27.0. The summed E-state index contributed by atoms with van der Waals surface area (Å²) in [5.74, 6) is 0.338. The first-order valence-corrected chi connectivity index (χ1v) is 14.9. The molecule has 3 atom stereocenters. The summed E-state index contributed by atoms with van der Waals surface area (Å²) in [5, 5.41) is 12.9. The van der Waals surface area contributed by atoms with Gasteiger partial charge in [0.25, 0.3) is 5.91 Å². The molecule has 5 rings (SSSR count). The van der Waals surface area contributed by atoms with Crippen LogP contribution in [0.15, 0.2) is 34.7 Å². The number of nitrogens with zero attached hydrogens (tertiary/aromatic N) is 2. The number of carboxylic acid groups (broad SMARTS) is 1. The number of amides is 1. The number of anilines is 1. The van der Waals surface area contributed by atoms with Gasteiger partial charge in [0.2, 0.25) is 5.71 Å². The van der Waals surface area contributed by atoms with Crippen molar-refractivity contribution in [3.8, 4) is 11.3 Å². The fourth-order valence-corrected chi connectivity index (χ4v) is 6.52. The van der Waals surface area contributed by atoms with Crippen molar-refractivity contribution in [2.45, 2.75) is 57.8 Å². The number of aromatic nitrogens is 1. The normalized spacial score (nSPS) is 20.0. The van der Waals surface area contributed by atoms with E-state index < -0.39 is 17.0 Å². The highest BCUT2D eigenvalue weighted by atomic mass is 32.2. The molecule has 0 saturated heterocycles. The number of fused-ring (bicyclic) bond motifs is 1. The number of aliphatic carboxylic acids is 1. The van der Waals surface area contributed by atoms with Gasteiger partial charge >= 0.3 is 5.97 Å². The van der Waals surface area contributed by atoms with Gasteiger partial charge in [0, 0.05) is 25.4 Å². The maximum absolute atomic E-state index is 13.0. The number of carbonyl (C=O) groups excluding carboxylic acids is 1. The molecule has 0 bridgehead atoms. The Hall–Kier alpha value is -3.20. The van der Waals surface area contributed by atoms with Gasteiger partial charge in [-0.2, -0.15) is 4.98 Å². The Balaban J connectivity index is 1.52. The molecular formula is C29H35N3O5S. The van der Waals surface area contributed by atoms with Crippen molar-refractivity contribution >= 4 is 39.8 Å². The number of carbonyl (C=O) groups is 2. The van der Waals surface area contributed by atoms with E-state index in [1.165, 1.54) is 0 Å². The molecule has 2 aliphatic carbocycles. The van der Waals surface area contributed by atoms with Crippen LogP contribution in [0.1, 0.15) is 72.3 Å². The first-order valence-electron chi connectivity index (χ1n) is 13.4. The summed E-state index contributed by atoms with van der Waals surface area (Å²) < 4.78 is 21.0. The first-order chi connectivity index (χ1) is 18.3. The van der Waals surface area contributed by atoms with Gasteiger partial charge in [0.15, 0.2) is 0 Å². The lowest BCUT2D eigenvalue weighted by molar-refractivity contribution is -0.143. The fraction of sp³-hybridized carbons (Fsp3) is 0.483. The number of furan rings is 1. The SMILES string of the molecule is CNC(=O)c1c(-c2ccc(C)cc2)oc2nc(N(CCCC3CCCC3C(=O)O)S(C)=O)c(C3CC3)cc12. The topological polar surface area (TPSA) is 113 Å². The van der Waals surface area contributed by atoms with Crippen LogP contribution in [0.2, 0.25) is 0 Å². The molecule has 2 heterocycles. The maximum atomic E-state index is 13.0. The quantitative estimate of drug-likeness (QED) is 0.357. The third-order valence-corrected chi connectivity index (χ3v) is 8.91. The van der Waals surface area contributed by atoms with E-state index in [-0.39, 0.29) is 17.7 Å². The highest BCUT2D eigenvalue weighted by Crippen LogP contribution is 2.46. The third-order valence-electron chi connectivity index (χ3n) is 7.94. The van der Waals surface area contributed by atoms with Gasteiger partial charge in [0.1, 0.15) is 22.6 Å². The minimum atomic E-state index is -1.33. The molecule has 2 aliphatic rings. The predicted molar refractivity (Wildman–Crippen MR) is 149 cm³/mol. The minimum absolute atomic E-state index is 0.162. The van der Waals surface area contributed by atoms with Crippen LogP contribution in [0.4, 0.5) is 5.82 Å². The summed E-state index contributed by atoms with van der Waals surface area (Å²) >= 11 is 0. The van der Waals surface area contributed by atoms with Gasteiger partial charge in [-0.25, -0.2) is 4.21 Å². The number of aryl methyl sites for hydroxylation is 1. The Morgan fingerprint density at radius 2 is 1.92 bits per heavy atom. The second kappa shape index (κ2) is 10.9. The molecule has 3 aromatic rings. The van der Waals surface area contributed by atoms with Gasteiger partial charge in [-0.1, -0.05) is 36.2 Å². The number of carboxylic acids is 1. The van der Waals surface area contributed by atoms with Gasteiger partial charge < -0.3 is 14.8 Å². The molecule has 9 heteroatoms. The van der Waals surface area contributed by atoms with E-state index in [1.54, 1.807) is 13.3 Å². The summed E-state index contributed by atoms with van der Waals surface area (Å²) in [6.07, 6.45) is 7.82. The Labute approximate surface area is 225 Å². The predicted octanol–water partition coefficient (Wildman–Crippen LogP) is 5.42. The van der Waals surface area contributed by atoms with E-state index in [0.29, 0.717) is 40.7 Å². The summed E-state index contributed by atoms with van der Waals surface area (Å²) in [6.45, 7) is 2.52. The number of hydrogen-bond acceptors (Lipinski definition) is 5. The molecule has 0 spiro atoms.